The van der Waals surface area contributed by atoms with Crippen molar-refractivity contribution in [3.8, 4) is 0 Å². The number of nitrogens with zero attached hydrogens (tertiary/aromatic N) is 4. The first-order valence-corrected chi connectivity index (χ1v) is 8.36. The summed E-state index contributed by atoms with van der Waals surface area (Å²) in [6, 6.07) is 9.80. The molecule has 0 aromatic carbocycles. The molecule has 1 amide bonds. The van der Waals surface area contributed by atoms with E-state index in [9.17, 15) is 4.79 Å². The van der Waals surface area contributed by atoms with E-state index in [4.69, 9.17) is 0 Å². The molecule has 5 heteroatoms. The van der Waals surface area contributed by atoms with Crippen molar-refractivity contribution in [3.63, 3.8) is 0 Å². The van der Waals surface area contributed by atoms with Crippen molar-refractivity contribution in [1.29, 1.82) is 0 Å². The van der Waals surface area contributed by atoms with Crippen molar-refractivity contribution in [2.45, 2.75) is 25.7 Å². The van der Waals surface area contributed by atoms with Crippen LogP contribution in [0.3, 0.4) is 0 Å². The van der Waals surface area contributed by atoms with Crippen LogP contribution < -0.4 is 0 Å². The first kappa shape index (κ1) is 14.9. The largest absolute Gasteiger partial charge is 0.338 e. The Morgan fingerprint density at radius 1 is 1.21 bits per heavy atom. The lowest BCUT2D eigenvalue weighted by Crippen LogP contribution is -2.39. The zero-order valence-electron chi connectivity index (χ0n) is 13.7. The molecule has 1 saturated heterocycles. The summed E-state index contributed by atoms with van der Waals surface area (Å²) < 4.78 is 2.17. The number of amides is 1. The van der Waals surface area contributed by atoms with Crippen LogP contribution in [0.2, 0.25) is 0 Å². The summed E-state index contributed by atoms with van der Waals surface area (Å²) in [5.74, 6) is 0.429. The van der Waals surface area contributed by atoms with E-state index in [0.717, 1.165) is 37.3 Å². The van der Waals surface area contributed by atoms with Crippen LogP contribution in [0.15, 0.2) is 48.9 Å². The third-order valence-electron chi connectivity index (χ3n) is 4.70. The maximum Gasteiger partial charge on any atom is 0.253 e. The van der Waals surface area contributed by atoms with Gasteiger partial charge in [0.2, 0.25) is 0 Å². The fourth-order valence-corrected chi connectivity index (χ4v) is 3.57. The van der Waals surface area contributed by atoms with Gasteiger partial charge < -0.3 is 9.30 Å². The SMILES string of the molecule is Cc1cn2c([C@H]3CCCN(C(=O)c4ccncc4)C3)cccc2n1. The van der Waals surface area contributed by atoms with E-state index >= 15 is 0 Å². The molecule has 5 nitrogen and oxygen atoms in total. The van der Waals surface area contributed by atoms with E-state index < -0.39 is 0 Å². The number of aryl methyl sites for hydroxylation is 1. The predicted molar refractivity (Wildman–Crippen MR) is 92.0 cm³/mol. The van der Waals surface area contributed by atoms with Crippen molar-refractivity contribution < 1.29 is 4.79 Å². The molecule has 1 aliphatic rings. The van der Waals surface area contributed by atoms with Crippen molar-refractivity contribution in [3.05, 3.63) is 65.9 Å². The summed E-state index contributed by atoms with van der Waals surface area (Å²) in [6.45, 7) is 3.57. The Balaban J connectivity index is 1.61. The number of hydrogen-bond acceptors (Lipinski definition) is 3. The van der Waals surface area contributed by atoms with Gasteiger partial charge in [0.15, 0.2) is 0 Å². The Hall–Kier alpha value is -2.69. The molecule has 0 saturated carbocycles. The standard InChI is InChI=1S/C19H20N4O/c1-14-12-23-17(5-2-6-18(23)21-14)16-4-3-11-22(13-16)19(24)15-7-9-20-10-8-15/h2,5-10,12,16H,3-4,11,13H2,1H3/t16-/m0/s1. The molecule has 122 valence electrons. The Kier molecular flexibility index (Phi) is 3.76. The average molecular weight is 320 g/mol. The number of pyridine rings is 2. The second kappa shape index (κ2) is 6.07. The minimum absolute atomic E-state index is 0.0936. The normalized spacial score (nSPS) is 18.0. The number of imidazole rings is 1. The van der Waals surface area contributed by atoms with Gasteiger partial charge in [0.25, 0.3) is 5.91 Å². The summed E-state index contributed by atoms with van der Waals surface area (Å²) in [7, 11) is 0. The van der Waals surface area contributed by atoms with Crippen LogP contribution in [0.25, 0.3) is 5.65 Å². The highest BCUT2D eigenvalue weighted by molar-refractivity contribution is 5.94. The maximum absolute atomic E-state index is 12.7. The van der Waals surface area contributed by atoms with E-state index in [0.29, 0.717) is 11.5 Å². The molecule has 3 aromatic heterocycles. The topological polar surface area (TPSA) is 50.5 Å². The monoisotopic (exact) mass is 320 g/mol. The fourth-order valence-electron chi connectivity index (χ4n) is 3.57. The van der Waals surface area contributed by atoms with Gasteiger partial charge in [-0.05, 0) is 44.0 Å². The van der Waals surface area contributed by atoms with Gasteiger partial charge in [0.1, 0.15) is 5.65 Å². The smallest absolute Gasteiger partial charge is 0.253 e. The molecule has 24 heavy (non-hydrogen) atoms. The van der Waals surface area contributed by atoms with E-state index in [2.05, 4.69) is 32.7 Å². The lowest BCUT2D eigenvalue weighted by Gasteiger charge is -2.33. The van der Waals surface area contributed by atoms with Crippen molar-refractivity contribution in [2.75, 3.05) is 13.1 Å². The number of fused-ring (bicyclic) bond motifs is 1. The number of likely N-dealkylation sites (tertiary alicyclic amines) is 1. The van der Waals surface area contributed by atoms with Crippen LogP contribution in [-0.2, 0) is 0 Å². The summed E-state index contributed by atoms with van der Waals surface area (Å²) in [6.07, 6.45) is 7.53. The molecule has 0 N–H and O–H groups in total. The average Bonchev–Trinajstić information content (AvgIpc) is 3.02. The van der Waals surface area contributed by atoms with Crippen LogP contribution >= 0.6 is 0 Å². The molecule has 4 rings (SSSR count). The molecular weight excluding hydrogens is 300 g/mol. The lowest BCUT2D eigenvalue weighted by atomic mass is 9.93. The molecule has 0 aliphatic carbocycles. The van der Waals surface area contributed by atoms with Crippen LogP contribution in [0, 0.1) is 6.92 Å². The summed E-state index contributed by atoms with van der Waals surface area (Å²) in [5.41, 5.74) is 3.94. The molecule has 3 aromatic rings. The van der Waals surface area contributed by atoms with Gasteiger partial charge in [-0.25, -0.2) is 4.98 Å². The van der Waals surface area contributed by atoms with Gasteiger partial charge in [0, 0.05) is 48.9 Å². The minimum atomic E-state index is 0.0936. The molecule has 0 unspecified atom stereocenters. The molecular formula is C19H20N4O. The van der Waals surface area contributed by atoms with Crippen LogP contribution in [0.5, 0.6) is 0 Å². The summed E-state index contributed by atoms with van der Waals surface area (Å²) in [5, 5.41) is 0. The van der Waals surface area contributed by atoms with Crippen LogP contribution in [0.4, 0.5) is 0 Å². The van der Waals surface area contributed by atoms with Gasteiger partial charge in [0.05, 0.1) is 5.69 Å². The first-order valence-electron chi connectivity index (χ1n) is 8.36. The summed E-state index contributed by atoms with van der Waals surface area (Å²) in [4.78, 5) is 23.2. The second-order valence-corrected chi connectivity index (χ2v) is 6.39. The molecule has 0 radical (unpaired) electrons. The fraction of sp³-hybridized carbons (Fsp3) is 0.316. The zero-order valence-corrected chi connectivity index (χ0v) is 13.7. The minimum Gasteiger partial charge on any atom is -0.338 e. The molecule has 1 fully saturated rings. The van der Waals surface area contributed by atoms with E-state index in [1.54, 1.807) is 24.5 Å². The highest BCUT2D eigenvalue weighted by atomic mass is 16.2. The Morgan fingerprint density at radius 3 is 2.88 bits per heavy atom. The molecule has 1 aliphatic heterocycles. The van der Waals surface area contributed by atoms with Crippen molar-refractivity contribution in [1.82, 2.24) is 19.3 Å². The zero-order chi connectivity index (χ0) is 16.5. The Morgan fingerprint density at radius 2 is 2.04 bits per heavy atom. The maximum atomic E-state index is 12.7. The van der Waals surface area contributed by atoms with Gasteiger partial charge in [-0.15, -0.1) is 0 Å². The predicted octanol–water partition coefficient (Wildman–Crippen LogP) is 3.06. The van der Waals surface area contributed by atoms with E-state index in [1.165, 1.54) is 5.69 Å². The lowest BCUT2D eigenvalue weighted by molar-refractivity contribution is 0.0705. The van der Waals surface area contributed by atoms with Crippen molar-refractivity contribution in [2.24, 2.45) is 0 Å². The van der Waals surface area contributed by atoms with Crippen LogP contribution in [-0.4, -0.2) is 38.3 Å². The Labute approximate surface area is 141 Å². The molecule has 0 bridgehead atoms. The third-order valence-corrected chi connectivity index (χ3v) is 4.70. The van der Waals surface area contributed by atoms with E-state index in [1.807, 2.05) is 17.9 Å². The molecule has 4 heterocycles. The van der Waals surface area contributed by atoms with Gasteiger partial charge in [-0.3, -0.25) is 9.78 Å². The highest BCUT2D eigenvalue weighted by Crippen LogP contribution is 2.28. The molecule has 1 atom stereocenters. The highest BCUT2D eigenvalue weighted by Gasteiger charge is 2.26. The molecule has 0 spiro atoms. The number of rotatable bonds is 2. The second-order valence-electron chi connectivity index (χ2n) is 6.39. The number of hydrogen-bond donors (Lipinski definition) is 0. The quantitative estimate of drug-likeness (QED) is 0.729. The Bertz CT molecular complexity index is 871. The summed E-state index contributed by atoms with van der Waals surface area (Å²) >= 11 is 0. The van der Waals surface area contributed by atoms with Crippen molar-refractivity contribution >= 4 is 11.6 Å². The van der Waals surface area contributed by atoms with Gasteiger partial charge in [-0.1, -0.05) is 6.07 Å². The van der Waals surface area contributed by atoms with Gasteiger partial charge >= 0.3 is 0 Å². The number of aromatic nitrogens is 3. The third kappa shape index (κ3) is 2.66. The van der Waals surface area contributed by atoms with Crippen LogP contribution in [0.1, 0.15) is 40.5 Å². The number of piperidine rings is 1. The number of carbonyl (C=O) groups is 1. The van der Waals surface area contributed by atoms with Gasteiger partial charge in [-0.2, -0.15) is 0 Å². The number of carbonyl (C=O) groups excluding carboxylic acids is 1. The first-order chi connectivity index (χ1) is 11.7. The van der Waals surface area contributed by atoms with E-state index in [-0.39, 0.29) is 5.91 Å².